The molecule has 4 aliphatic rings. The van der Waals surface area contributed by atoms with Crippen molar-refractivity contribution in [3.05, 3.63) is 23.8 Å². The monoisotopic (exact) mass is 536 g/mol. The number of allylic oxidation sites excluding steroid dienone is 4. The van der Waals surface area contributed by atoms with Crippen molar-refractivity contribution >= 4 is 23.5 Å². The third kappa shape index (κ3) is 6.10. The molecule has 0 aromatic heterocycles. The molecule has 5 N–H and O–H groups in total. The van der Waals surface area contributed by atoms with E-state index in [0.717, 1.165) is 37.7 Å². The molecular weight excluding hydrogens is 492 g/mol. The molecule has 9 heteroatoms. The van der Waals surface area contributed by atoms with Crippen molar-refractivity contribution in [1.82, 2.24) is 0 Å². The molecule has 0 aliphatic heterocycles. The lowest BCUT2D eigenvalue weighted by atomic mass is 9.46. The van der Waals surface area contributed by atoms with E-state index in [0.29, 0.717) is 19.3 Å². The highest BCUT2D eigenvalue weighted by molar-refractivity contribution is 6.01. The fourth-order valence-corrected chi connectivity index (χ4v) is 7.25. The van der Waals surface area contributed by atoms with Gasteiger partial charge in [0.05, 0.1) is 6.10 Å². The first-order chi connectivity index (χ1) is 17.7. The molecule has 4 rings (SSSR count). The van der Waals surface area contributed by atoms with Crippen LogP contribution in [0.4, 0.5) is 0 Å². The van der Waals surface area contributed by atoms with Gasteiger partial charge in [-0.05, 0) is 62.5 Å². The number of aliphatic hydroxyl groups excluding tert-OH is 2. The van der Waals surface area contributed by atoms with E-state index < -0.39 is 41.4 Å². The lowest BCUT2D eigenvalue weighted by Crippen LogP contribution is -2.61. The van der Waals surface area contributed by atoms with Gasteiger partial charge in [-0.25, -0.2) is 0 Å². The molecule has 3 fully saturated rings. The number of rotatable bonds is 6. The Bertz CT molecular complexity index is 969. The lowest BCUT2D eigenvalue weighted by molar-refractivity contribution is -0.178. The molecule has 0 aromatic carbocycles. The minimum absolute atomic E-state index is 0.00912. The summed E-state index contributed by atoms with van der Waals surface area (Å²) in [6, 6.07) is 0. The predicted octanol–water partition coefficient (Wildman–Crippen LogP) is 3.30. The van der Waals surface area contributed by atoms with Crippen LogP contribution in [0.1, 0.15) is 85.5 Å². The highest BCUT2D eigenvalue weighted by Crippen LogP contribution is 2.67. The molecule has 0 bridgehead atoms. The second-order valence-electron chi connectivity index (χ2n) is 11.4. The van der Waals surface area contributed by atoms with Crippen molar-refractivity contribution in [1.29, 1.82) is 0 Å². The van der Waals surface area contributed by atoms with Crippen LogP contribution in [0.25, 0.3) is 0 Å². The zero-order valence-electron chi connectivity index (χ0n) is 23.0. The summed E-state index contributed by atoms with van der Waals surface area (Å²) < 4.78 is 0. The van der Waals surface area contributed by atoms with E-state index in [1.165, 1.54) is 0 Å². The summed E-state index contributed by atoms with van der Waals surface area (Å²) >= 11 is 0. The molecule has 4 aliphatic carbocycles. The second-order valence-corrected chi connectivity index (χ2v) is 11.4. The van der Waals surface area contributed by atoms with Crippen molar-refractivity contribution < 1.29 is 44.7 Å². The number of carboxylic acid groups (broad SMARTS) is 2. The minimum Gasteiger partial charge on any atom is -0.481 e. The number of Topliss-reactive ketones (excluding diaryl/α,β-unsaturated/α-hetero) is 1. The van der Waals surface area contributed by atoms with E-state index in [9.17, 15) is 34.5 Å². The van der Waals surface area contributed by atoms with Crippen LogP contribution >= 0.6 is 0 Å². The Kier molecular flexibility index (Phi) is 10.6. The predicted molar refractivity (Wildman–Crippen MR) is 140 cm³/mol. The Morgan fingerprint density at radius 3 is 2.21 bits per heavy atom. The summed E-state index contributed by atoms with van der Waals surface area (Å²) in [6.45, 7) is 6.92. The van der Waals surface area contributed by atoms with Crippen LogP contribution in [0.5, 0.6) is 0 Å². The summed E-state index contributed by atoms with van der Waals surface area (Å²) in [6.07, 6.45) is 9.99. The Balaban J connectivity index is 0.000000355. The number of carboxylic acids is 2. The molecular formula is C29H44O9. The Morgan fingerprint density at radius 1 is 1.08 bits per heavy atom. The number of aliphatic hydroxyl groups is 3. The molecule has 0 saturated heterocycles. The third-order valence-corrected chi connectivity index (χ3v) is 9.30. The quantitative estimate of drug-likeness (QED) is 0.342. The summed E-state index contributed by atoms with van der Waals surface area (Å²) in [5, 5.41) is 47.4. The normalized spacial score (nSPS) is 36.7. The van der Waals surface area contributed by atoms with Crippen LogP contribution in [0, 0.1) is 28.6 Å². The molecule has 214 valence electrons. The van der Waals surface area contributed by atoms with Crippen LogP contribution in [0.15, 0.2) is 23.8 Å². The number of fused-ring (bicyclic) bond motifs is 5. The van der Waals surface area contributed by atoms with E-state index in [-0.39, 0.29) is 35.4 Å². The van der Waals surface area contributed by atoms with Crippen LogP contribution in [0.3, 0.4) is 0 Å². The maximum absolute atomic E-state index is 12.4. The molecule has 0 radical (unpaired) electrons. The summed E-state index contributed by atoms with van der Waals surface area (Å²) in [7, 11) is 0. The van der Waals surface area contributed by atoms with Gasteiger partial charge in [0.1, 0.15) is 12.2 Å². The molecule has 0 spiro atoms. The van der Waals surface area contributed by atoms with Crippen LogP contribution in [-0.2, 0) is 19.2 Å². The second kappa shape index (κ2) is 12.7. The first-order valence-electron chi connectivity index (χ1n) is 13.6. The number of unbranched alkanes of at least 4 members (excludes halogenated alkanes) is 1. The van der Waals surface area contributed by atoms with Gasteiger partial charge in [0.2, 0.25) is 0 Å². The topological polar surface area (TPSA) is 169 Å². The van der Waals surface area contributed by atoms with Gasteiger partial charge in [-0.1, -0.05) is 45.8 Å². The Morgan fingerprint density at radius 2 is 1.71 bits per heavy atom. The maximum Gasteiger partial charge on any atom is 0.303 e. The van der Waals surface area contributed by atoms with Gasteiger partial charge in [0.15, 0.2) is 11.6 Å². The summed E-state index contributed by atoms with van der Waals surface area (Å²) in [5.41, 5.74) is -1.54. The minimum atomic E-state index is -1.56. The van der Waals surface area contributed by atoms with Crippen molar-refractivity contribution in [2.75, 3.05) is 6.61 Å². The molecule has 9 nitrogen and oxygen atoms in total. The Labute approximate surface area is 224 Å². The molecule has 3 saturated carbocycles. The van der Waals surface area contributed by atoms with E-state index >= 15 is 0 Å². The molecule has 0 heterocycles. The molecule has 0 unspecified atom stereocenters. The van der Waals surface area contributed by atoms with Gasteiger partial charge in [-0.15, -0.1) is 0 Å². The van der Waals surface area contributed by atoms with E-state index in [1.807, 2.05) is 19.9 Å². The lowest BCUT2D eigenvalue weighted by Gasteiger charge is -2.59. The van der Waals surface area contributed by atoms with Gasteiger partial charge < -0.3 is 25.5 Å². The first kappa shape index (κ1) is 31.9. The fourth-order valence-electron chi connectivity index (χ4n) is 7.25. The average molecular weight is 537 g/mol. The SMILES string of the molecule is CCC(=O)O.CCCCC(=O)O.C[C@]12C=CC(=O)C=C1CC[C@@H]1[C@@H]2[C@@H](O)C[C@@]2(C)[C@H]1CC[C@]2(O)C(=O)CO. The van der Waals surface area contributed by atoms with Gasteiger partial charge in [0, 0.05) is 29.6 Å². The number of ketones is 2. The van der Waals surface area contributed by atoms with Gasteiger partial charge >= 0.3 is 11.9 Å². The number of carbonyl (C=O) groups excluding carboxylic acids is 2. The van der Waals surface area contributed by atoms with Crippen molar-refractivity contribution in [3.63, 3.8) is 0 Å². The van der Waals surface area contributed by atoms with Crippen LogP contribution in [-0.4, -0.2) is 67.3 Å². The van der Waals surface area contributed by atoms with E-state index in [4.69, 9.17) is 10.2 Å². The third-order valence-electron chi connectivity index (χ3n) is 9.30. The highest BCUT2D eigenvalue weighted by Gasteiger charge is 2.67. The molecule has 7 atom stereocenters. The van der Waals surface area contributed by atoms with Crippen LogP contribution in [0.2, 0.25) is 0 Å². The van der Waals surface area contributed by atoms with Crippen molar-refractivity contribution in [2.45, 2.75) is 97.2 Å². The molecule has 0 amide bonds. The zero-order chi connectivity index (χ0) is 28.9. The van der Waals surface area contributed by atoms with Crippen molar-refractivity contribution in [3.8, 4) is 0 Å². The zero-order valence-corrected chi connectivity index (χ0v) is 23.0. The van der Waals surface area contributed by atoms with Gasteiger partial charge in [0.25, 0.3) is 0 Å². The Hall–Kier alpha value is -2.36. The highest BCUT2D eigenvalue weighted by atomic mass is 16.4. The average Bonchev–Trinajstić information content (AvgIpc) is 3.14. The summed E-state index contributed by atoms with van der Waals surface area (Å²) in [5.74, 6) is -1.66. The number of aliphatic carboxylic acids is 2. The number of hydrogen-bond acceptors (Lipinski definition) is 7. The molecule has 0 aromatic rings. The maximum atomic E-state index is 12.4. The van der Waals surface area contributed by atoms with Gasteiger partial charge in [-0.3, -0.25) is 19.2 Å². The largest absolute Gasteiger partial charge is 0.481 e. The standard InChI is InChI=1S/C21H28O5.C5H10O2.C3H6O2/c1-19-7-5-13(23)9-12(19)3-4-14-15-6-8-21(26,17(25)11-22)20(15,2)10-16(24)18(14)19;1-2-3-4-5(6)7;1-2-3(4)5/h5,7,9,14-16,18,22,24,26H,3-4,6,8,10-11H2,1-2H3;2-4H2,1H3,(H,6,7);2H2,1H3,(H,4,5)/t14-,15-,16-,18+,19-,20-,21-;;/m0../s1. The number of hydrogen-bond donors (Lipinski definition) is 5. The van der Waals surface area contributed by atoms with Gasteiger partial charge in [-0.2, -0.15) is 0 Å². The van der Waals surface area contributed by atoms with Crippen molar-refractivity contribution in [2.24, 2.45) is 28.6 Å². The smallest absolute Gasteiger partial charge is 0.303 e. The first-order valence-corrected chi connectivity index (χ1v) is 13.6. The summed E-state index contributed by atoms with van der Waals surface area (Å²) in [4.78, 5) is 43.3. The van der Waals surface area contributed by atoms with Crippen LogP contribution < -0.4 is 0 Å². The number of carbonyl (C=O) groups is 4. The van der Waals surface area contributed by atoms with E-state index in [1.54, 1.807) is 19.1 Å². The van der Waals surface area contributed by atoms with E-state index in [2.05, 4.69) is 6.92 Å². The fraction of sp³-hybridized carbons (Fsp3) is 0.724. The molecule has 38 heavy (non-hydrogen) atoms.